The van der Waals surface area contributed by atoms with Crippen LogP contribution in [0.1, 0.15) is 17.3 Å². The van der Waals surface area contributed by atoms with Crippen LogP contribution >= 0.6 is 0 Å². The Hall–Kier alpha value is -6.25. The van der Waals surface area contributed by atoms with Gasteiger partial charge in [-0.25, -0.2) is 0 Å². The zero-order valence-corrected chi connectivity index (χ0v) is 26.2. The molecule has 0 bridgehead atoms. The molecule has 1 aromatic heterocycles. The van der Waals surface area contributed by atoms with Crippen LogP contribution in [0.2, 0.25) is 0 Å². The predicted octanol–water partition coefficient (Wildman–Crippen LogP) is 11.8. The van der Waals surface area contributed by atoms with Crippen molar-refractivity contribution in [3.63, 3.8) is 0 Å². The van der Waals surface area contributed by atoms with E-state index >= 15 is 0 Å². The van der Waals surface area contributed by atoms with Gasteiger partial charge < -0.3 is 5.32 Å². The van der Waals surface area contributed by atoms with Gasteiger partial charge in [-0.2, -0.15) is 0 Å². The van der Waals surface area contributed by atoms with Gasteiger partial charge >= 0.3 is 0 Å². The smallest absolute Gasteiger partial charge is 0.0879 e. The second-order valence-electron chi connectivity index (χ2n) is 12.7. The topological polar surface area (TPSA) is 24.9 Å². The Morgan fingerprint density at radius 1 is 0.458 bits per heavy atom. The third-order valence-electron chi connectivity index (χ3n) is 10.1. The Kier molecular flexibility index (Phi) is 5.97. The van der Waals surface area contributed by atoms with Crippen molar-refractivity contribution in [1.29, 1.82) is 0 Å². The van der Waals surface area contributed by atoms with Crippen LogP contribution in [0.4, 0.5) is 0 Å². The van der Waals surface area contributed by atoms with Crippen LogP contribution in [0.5, 0.6) is 0 Å². The normalized spacial score (nSPS) is 14.7. The van der Waals surface area contributed by atoms with Crippen LogP contribution in [0.15, 0.2) is 170 Å². The van der Waals surface area contributed by atoms with Gasteiger partial charge in [0.05, 0.1) is 11.7 Å². The van der Waals surface area contributed by atoms with E-state index in [1.165, 1.54) is 82.4 Å². The lowest BCUT2D eigenvalue weighted by Gasteiger charge is -2.24. The molecule has 0 amide bonds. The lowest BCUT2D eigenvalue weighted by molar-refractivity contribution is 0.745. The summed E-state index contributed by atoms with van der Waals surface area (Å²) >= 11 is 0. The van der Waals surface area contributed by atoms with Crippen molar-refractivity contribution in [3.8, 4) is 44.5 Å². The van der Waals surface area contributed by atoms with E-state index < -0.39 is 0 Å². The first-order valence-corrected chi connectivity index (χ1v) is 16.6. The summed E-state index contributed by atoms with van der Waals surface area (Å²) in [6.45, 7) is 0. The number of rotatable bonds is 4. The molecular formula is C46H30N2. The number of fused-ring (bicyclic) bond motifs is 5. The number of benzene rings is 7. The van der Waals surface area contributed by atoms with E-state index in [1.54, 1.807) is 0 Å². The minimum atomic E-state index is -0.0315. The highest BCUT2D eigenvalue weighted by atomic mass is 15.0. The van der Waals surface area contributed by atoms with E-state index in [1.807, 2.05) is 6.20 Å². The van der Waals surface area contributed by atoms with Crippen molar-refractivity contribution in [2.75, 3.05) is 0 Å². The minimum Gasteiger partial charge on any atom is -0.373 e. The van der Waals surface area contributed by atoms with Crippen LogP contribution in [-0.4, -0.2) is 4.98 Å². The fourth-order valence-corrected chi connectivity index (χ4v) is 8.09. The summed E-state index contributed by atoms with van der Waals surface area (Å²) in [6, 6.07) is 52.8. The summed E-state index contributed by atoms with van der Waals surface area (Å²) in [5, 5.41) is 11.4. The molecule has 1 unspecified atom stereocenters. The summed E-state index contributed by atoms with van der Waals surface area (Å²) in [4.78, 5) is 4.85. The maximum Gasteiger partial charge on any atom is 0.0879 e. The number of hydrogen-bond donors (Lipinski definition) is 1. The van der Waals surface area contributed by atoms with Gasteiger partial charge in [0.1, 0.15) is 0 Å². The average molecular weight is 611 g/mol. The van der Waals surface area contributed by atoms with Crippen LogP contribution < -0.4 is 5.32 Å². The largest absolute Gasteiger partial charge is 0.373 e. The molecule has 1 N–H and O–H groups in total. The fourth-order valence-electron chi connectivity index (χ4n) is 8.09. The number of nitrogens with one attached hydrogen (secondary N) is 1. The molecule has 10 rings (SSSR count). The number of hydrogen-bond acceptors (Lipinski definition) is 2. The van der Waals surface area contributed by atoms with E-state index in [2.05, 4.69) is 169 Å². The average Bonchev–Trinajstić information content (AvgIpc) is 3.49. The van der Waals surface area contributed by atoms with Gasteiger partial charge in [-0.1, -0.05) is 152 Å². The monoisotopic (exact) mass is 610 g/mol. The lowest BCUT2D eigenvalue weighted by Crippen LogP contribution is -2.21. The molecule has 0 saturated carbocycles. The highest BCUT2D eigenvalue weighted by Gasteiger charge is 2.31. The van der Waals surface area contributed by atoms with Crippen LogP contribution in [-0.2, 0) is 0 Å². The zero-order valence-electron chi connectivity index (χ0n) is 26.2. The second-order valence-corrected chi connectivity index (χ2v) is 12.7. The van der Waals surface area contributed by atoms with Gasteiger partial charge in [-0.3, -0.25) is 4.98 Å². The molecule has 0 spiro atoms. The number of dihydropyridines is 1. The molecule has 2 heterocycles. The highest BCUT2D eigenvalue weighted by molar-refractivity contribution is 6.28. The van der Waals surface area contributed by atoms with Crippen molar-refractivity contribution in [2.45, 2.75) is 6.04 Å². The van der Waals surface area contributed by atoms with E-state index in [0.29, 0.717) is 0 Å². The van der Waals surface area contributed by atoms with Gasteiger partial charge in [-0.15, -0.1) is 0 Å². The molecule has 48 heavy (non-hydrogen) atoms. The molecule has 1 aliphatic carbocycles. The molecule has 8 aromatic rings. The summed E-state index contributed by atoms with van der Waals surface area (Å²) in [7, 11) is 0. The number of nitrogens with zero attached hydrogens (tertiary/aromatic N) is 1. The number of aromatic nitrogens is 1. The molecule has 2 nitrogen and oxygen atoms in total. The van der Waals surface area contributed by atoms with E-state index in [-0.39, 0.29) is 6.04 Å². The molecule has 0 saturated heterocycles. The SMILES string of the molecule is C1=CC(c2nccc3ccccc23)NC(c2ccc3c4c(cccc24)-c2c-3c(-c3ccccc3)c3ccccc3c2-c2ccccc2)=C1. The molecule has 2 aliphatic rings. The summed E-state index contributed by atoms with van der Waals surface area (Å²) in [6.07, 6.45) is 8.50. The van der Waals surface area contributed by atoms with Crippen molar-refractivity contribution in [1.82, 2.24) is 10.3 Å². The van der Waals surface area contributed by atoms with Gasteiger partial charge in [0, 0.05) is 22.8 Å². The van der Waals surface area contributed by atoms with Gasteiger partial charge in [0.2, 0.25) is 0 Å². The molecular weight excluding hydrogens is 581 g/mol. The lowest BCUT2D eigenvalue weighted by atomic mass is 9.82. The van der Waals surface area contributed by atoms with Crippen LogP contribution in [0.25, 0.3) is 82.5 Å². The Labute approximate surface area is 279 Å². The fraction of sp³-hybridized carbons (Fsp3) is 0.0217. The second kappa shape index (κ2) is 10.7. The molecule has 2 heteroatoms. The van der Waals surface area contributed by atoms with Crippen molar-refractivity contribution in [3.05, 3.63) is 181 Å². The molecule has 1 aliphatic heterocycles. The summed E-state index contributed by atoms with van der Waals surface area (Å²) in [5.74, 6) is 0. The van der Waals surface area contributed by atoms with E-state index in [9.17, 15) is 0 Å². The number of pyridine rings is 1. The van der Waals surface area contributed by atoms with Crippen molar-refractivity contribution in [2.24, 2.45) is 0 Å². The maximum absolute atomic E-state index is 4.85. The summed E-state index contributed by atoms with van der Waals surface area (Å²) < 4.78 is 0. The quantitative estimate of drug-likeness (QED) is 0.214. The molecule has 0 radical (unpaired) electrons. The van der Waals surface area contributed by atoms with Gasteiger partial charge in [-0.05, 0) is 83.6 Å². The zero-order chi connectivity index (χ0) is 31.6. The molecule has 0 fully saturated rings. The molecule has 7 aromatic carbocycles. The Morgan fingerprint density at radius 2 is 1.04 bits per heavy atom. The standard InChI is InChI=1S/C46H30N2/c1-3-14-30(15-4-1)41-35-19-9-10-20-36(35)42(31-16-5-2-6-17-31)45-38-26-25-33(34-21-11-22-37(43(34)38)44(41)45)39-23-12-24-40(48-39)46-32-18-8-7-13-29(32)27-28-47-46/h1-28,40,48H. The van der Waals surface area contributed by atoms with Crippen LogP contribution in [0, 0.1) is 0 Å². The maximum atomic E-state index is 4.85. The van der Waals surface area contributed by atoms with Crippen molar-refractivity contribution >= 4 is 38.0 Å². The molecule has 224 valence electrons. The Bertz CT molecular complexity index is 2530. The highest BCUT2D eigenvalue weighted by Crippen LogP contribution is 2.58. The van der Waals surface area contributed by atoms with Gasteiger partial charge in [0.15, 0.2) is 0 Å². The van der Waals surface area contributed by atoms with Gasteiger partial charge in [0.25, 0.3) is 0 Å². The third kappa shape index (κ3) is 3.96. The Morgan fingerprint density at radius 3 is 1.75 bits per heavy atom. The Balaban J connectivity index is 1.22. The van der Waals surface area contributed by atoms with Crippen LogP contribution in [0.3, 0.4) is 0 Å². The first kappa shape index (κ1) is 26.9. The molecule has 1 atom stereocenters. The predicted molar refractivity (Wildman–Crippen MR) is 201 cm³/mol. The first-order valence-electron chi connectivity index (χ1n) is 16.6. The van der Waals surface area contributed by atoms with E-state index in [4.69, 9.17) is 4.98 Å². The number of allylic oxidation sites excluding steroid dienone is 2. The van der Waals surface area contributed by atoms with Crippen molar-refractivity contribution < 1.29 is 0 Å². The third-order valence-corrected chi connectivity index (χ3v) is 10.1. The summed E-state index contributed by atoms with van der Waals surface area (Å²) in [5.41, 5.74) is 13.6. The van der Waals surface area contributed by atoms with E-state index in [0.717, 1.165) is 11.4 Å². The first-order chi connectivity index (χ1) is 23.8. The minimum absolute atomic E-state index is 0.0315.